The first-order valence-corrected chi connectivity index (χ1v) is 7.09. The number of esters is 1. The van der Waals surface area contributed by atoms with Gasteiger partial charge in [0.1, 0.15) is 5.75 Å². The van der Waals surface area contributed by atoms with Gasteiger partial charge in [0.2, 0.25) is 0 Å². The quantitative estimate of drug-likeness (QED) is 0.781. The summed E-state index contributed by atoms with van der Waals surface area (Å²) in [6.45, 7) is 2.21. The van der Waals surface area contributed by atoms with Crippen LogP contribution in [0.25, 0.3) is 0 Å². The Hall–Kier alpha value is -1.07. The van der Waals surface area contributed by atoms with Gasteiger partial charge in [-0.2, -0.15) is 0 Å². The Bertz CT molecular complexity index is 423. The van der Waals surface area contributed by atoms with E-state index < -0.39 is 0 Å². The van der Waals surface area contributed by atoms with E-state index in [-0.39, 0.29) is 12.0 Å². The number of halogens is 1. The van der Waals surface area contributed by atoms with Gasteiger partial charge >= 0.3 is 5.97 Å². The Morgan fingerprint density at radius 3 is 2.79 bits per heavy atom. The summed E-state index contributed by atoms with van der Waals surface area (Å²) in [6.07, 6.45) is 1.72. The molecule has 1 unspecified atom stereocenters. The molecule has 0 radical (unpaired) electrons. The van der Waals surface area contributed by atoms with E-state index in [1.807, 2.05) is 18.2 Å². The molecular weight excluding hydrogens is 310 g/mol. The van der Waals surface area contributed by atoms with Crippen LogP contribution in [0.3, 0.4) is 0 Å². The lowest BCUT2D eigenvalue weighted by Gasteiger charge is -2.12. The van der Waals surface area contributed by atoms with Gasteiger partial charge in [0.05, 0.1) is 18.2 Å². The standard InChI is InChI=1S/C14H20BrNO3/c1-3-19-14(17)7-5-11(16)8-10-4-6-13(18-2)12(15)9-10/h4,6,9,11H,3,5,7-8,16H2,1-2H3. The summed E-state index contributed by atoms with van der Waals surface area (Å²) < 4.78 is 11.0. The maximum Gasteiger partial charge on any atom is 0.305 e. The van der Waals surface area contributed by atoms with Crippen molar-refractivity contribution < 1.29 is 14.3 Å². The molecule has 0 fully saturated rings. The molecule has 1 aromatic carbocycles. The third-order valence-electron chi connectivity index (χ3n) is 2.74. The molecule has 0 heterocycles. The molecule has 19 heavy (non-hydrogen) atoms. The number of benzene rings is 1. The minimum Gasteiger partial charge on any atom is -0.496 e. The van der Waals surface area contributed by atoms with Crippen molar-refractivity contribution in [2.45, 2.75) is 32.2 Å². The number of carbonyl (C=O) groups excluding carboxylic acids is 1. The van der Waals surface area contributed by atoms with Crippen LogP contribution in [0.15, 0.2) is 22.7 Å². The molecule has 0 aliphatic heterocycles. The topological polar surface area (TPSA) is 61.5 Å². The predicted octanol–water partition coefficient (Wildman–Crippen LogP) is 2.67. The molecule has 0 spiro atoms. The number of hydrogen-bond donors (Lipinski definition) is 1. The normalized spacial score (nSPS) is 12.0. The lowest BCUT2D eigenvalue weighted by molar-refractivity contribution is -0.143. The van der Waals surface area contributed by atoms with Crippen LogP contribution in [0.1, 0.15) is 25.3 Å². The van der Waals surface area contributed by atoms with Crippen molar-refractivity contribution in [3.8, 4) is 5.75 Å². The van der Waals surface area contributed by atoms with Crippen molar-refractivity contribution in [3.05, 3.63) is 28.2 Å². The zero-order valence-corrected chi connectivity index (χ0v) is 12.9. The highest BCUT2D eigenvalue weighted by Gasteiger charge is 2.10. The monoisotopic (exact) mass is 329 g/mol. The van der Waals surface area contributed by atoms with Crippen molar-refractivity contribution in [1.29, 1.82) is 0 Å². The zero-order valence-electron chi connectivity index (χ0n) is 11.3. The number of rotatable bonds is 7. The number of ether oxygens (including phenoxy) is 2. The van der Waals surface area contributed by atoms with E-state index in [0.29, 0.717) is 19.4 Å². The molecule has 0 aliphatic rings. The maximum absolute atomic E-state index is 11.2. The second-order valence-corrected chi connectivity index (χ2v) is 5.13. The average molecular weight is 330 g/mol. The molecule has 0 aliphatic carbocycles. The lowest BCUT2D eigenvalue weighted by Crippen LogP contribution is -2.24. The van der Waals surface area contributed by atoms with Gasteiger partial charge < -0.3 is 15.2 Å². The Balaban J connectivity index is 2.46. The maximum atomic E-state index is 11.2. The van der Waals surface area contributed by atoms with E-state index in [1.54, 1.807) is 14.0 Å². The van der Waals surface area contributed by atoms with Gasteiger partial charge in [-0.1, -0.05) is 6.07 Å². The second kappa shape index (κ2) is 8.17. The van der Waals surface area contributed by atoms with Gasteiger partial charge in [-0.05, 0) is 53.4 Å². The van der Waals surface area contributed by atoms with Crippen molar-refractivity contribution >= 4 is 21.9 Å². The summed E-state index contributed by atoms with van der Waals surface area (Å²) in [7, 11) is 1.63. The first-order valence-electron chi connectivity index (χ1n) is 6.30. The van der Waals surface area contributed by atoms with E-state index in [2.05, 4.69) is 15.9 Å². The van der Waals surface area contributed by atoms with Crippen LogP contribution in [-0.4, -0.2) is 25.7 Å². The third-order valence-corrected chi connectivity index (χ3v) is 3.36. The van der Waals surface area contributed by atoms with Crippen LogP contribution >= 0.6 is 15.9 Å². The fourth-order valence-electron chi connectivity index (χ4n) is 1.78. The first kappa shape index (κ1) is 16.0. The molecule has 2 N–H and O–H groups in total. The summed E-state index contributed by atoms with van der Waals surface area (Å²) in [5.41, 5.74) is 7.13. The van der Waals surface area contributed by atoms with Gasteiger partial charge in [-0.3, -0.25) is 4.79 Å². The molecule has 1 aromatic rings. The van der Waals surface area contributed by atoms with E-state index >= 15 is 0 Å². The summed E-state index contributed by atoms with van der Waals surface area (Å²) in [5, 5.41) is 0. The van der Waals surface area contributed by atoms with Crippen molar-refractivity contribution in [2.24, 2.45) is 5.73 Å². The zero-order chi connectivity index (χ0) is 14.3. The van der Waals surface area contributed by atoms with Gasteiger partial charge in [0.25, 0.3) is 0 Å². The lowest BCUT2D eigenvalue weighted by atomic mass is 10.0. The molecule has 1 rings (SSSR count). The first-order chi connectivity index (χ1) is 9.06. The minimum absolute atomic E-state index is 0.0512. The number of hydrogen-bond acceptors (Lipinski definition) is 4. The molecule has 0 bridgehead atoms. The Morgan fingerprint density at radius 2 is 2.21 bits per heavy atom. The SMILES string of the molecule is CCOC(=O)CCC(N)Cc1ccc(OC)c(Br)c1. The average Bonchev–Trinajstić information content (AvgIpc) is 2.37. The third kappa shape index (κ3) is 5.61. The van der Waals surface area contributed by atoms with Crippen LogP contribution in [0.4, 0.5) is 0 Å². The number of methoxy groups -OCH3 is 1. The second-order valence-electron chi connectivity index (χ2n) is 4.28. The predicted molar refractivity (Wildman–Crippen MR) is 78.2 cm³/mol. The molecule has 106 valence electrons. The fourth-order valence-corrected chi connectivity index (χ4v) is 2.37. The van der Waals surface area contributed by atoms with E-state index in [9.17, 15) is 4.79 Å². The van der Waals surface area contributed by atoms with Crippen molar-refractivity contribution in [3.63, 3.8) is 0 Å². The smallest absolute Gasteiger partial charge is 0.305 e. The summed E-state index contributed by atoms with van der Waals surface area (Å²) >= 11 is 3.44. The molecule has 0 saturated carbocycles. The van der Waals surface area contributed by atoms with Crippen LogP contribution in [0, 0.1) is 0 Å². The number of carbonyl (C=O) groups is 1. The van der Waals surface area contributed by atoms with Crippen LogP contribution in [0.5, 0.6) is 5.75 Å². The number of nitrogens with two attached hydrogens (primary N) is 1. The van der Waals surface area contributed by atoms with Crippen LogP contribution in [0.2, 0.25) is 0 Å². The summed E-state index contributed by atoms with van der Waals surface area (Å²) in [4.78, 5) is 11.2. The Kier molecular flexibility index (Phi) is 6.87. The molecule has 5 heteroatoms. The van der Waals surface area contributed by atoms with Gasteiger partial charge in [-0.25, -0.2) is 0 Å². The van der Waals surface area contributed by atoms with Crippen LogP contribution in [-0.2, 0) is 16.0 Å². The summed E-state index contributed by atoms with van der Waals surface area (Å²) in [6, 6.07) is 5.82. The van der Waals surface area contributed by atoms with E-state index in [0.717, 1.165) is 22.2 Å². The van der Waals surface area contributed by atoms with E-state index in [1.165, 1.54) is 0 Å². The molecule has 0 amide bonds. The van der Waals surface area contributed by atoms with Gasteiger partial charge in [0.15, 0.2) is 0 Å². The van der Waals surface area contributed by atoms with E-state index in [4.69, 9.17) is 15.2 Å². The minimum atomic E-state index is -0.186. The van der Waals surface area contributed by atoms with Gasteiger partial charge in [0, 0.05) is 12.5 Å². The molecule has 1 atom stereocenters. The van der Waals surface area contributed by atoms with Crippen molar-refractivity contribution in [2.75, 3.05) is 13.7 Å². The highest BCUT2D eigenvalue weighted by Crippen LogP contribution is 2.26. The van der Waals surface area contributed by atoms with Gasteiger partial charge in [-0.15, -0.1) is 0 Å². The Labute approximate surface area is 122 Å². The highest BCUT2D eigenvalue weighted by molar-refractivity contribution is 9.10. The molecule has 0 aromatic heterocycles. The van der Waals surface area contributed by atoms with Crippen LogP contribution < -0.4 is 10.5 Å². The fraction of sp³-hybridized carbons (Fsp3) is 0.500. The summed E-state index contributed by atoms with van der Waals surface area (Å²) in [5.74, 6) is 0.609. The Morgan fingerprint density at radius 1 is 1.47 bits per heavy atom. The molecule has 4 nitrogen and oxygen atoms in total. The largest absolute Gasteiger partial charge is 0.496 e. The van der Waals surface area contributed by atoms with Crippen molar-refractivity contribution in [1.82, 2.24) is 0 Å². The molecule has 0 saturated heterocycles. The molecular formula is C14H20BrNO3. The highest BCUT2D eigenvalue weighted by atomic mass is 79.9.